The summed E-state index contributed by atoms with van der Waals surface area (Å²) in [5, 5.41) is 9.97. The Morgan fingerprint density at radius 1 is 0.722 bits per heavy atom. The summed E-state index contributed by atoms with van der Waals surface area (Å²) < 4.78 is 12.8. The van der Waals surface area contributed by atoms with Gasteiger partial charge in [-0.2, -0.15) is 0 Å². The van der Waals surface area contributed by atoms with Gasteiger partial charge in [-0.25, -0.2) is 4.39 Å². The third-order valence-corrected chi connectivity index (χ3v) is 3.56. The van der Waals surface area contributed by atoms with Crippen LogP contribution in [0.4, 0.5) is 4.39 Å². The summed E-state index contributed by atoms with van der Waals surface area (Å²) in [6.45, 7) is 0. The third-order valence-electron chi connectivity index (χ3n) is 2.54. The van der Waals surface area contributed by atoms with Gasteiger partial charge >= 0.3 is 0 Å². The molecule has 0 N–H and O–H groups in total. The topological polar surface area (TPSA) is 25.8 Å². The van der Waals surface area contributed by atoms with E-state index in [9.17, 15) is 4.39 Å². The van der Waals surface area contributed by atoms with Crippen molar-refractivity contribution in [3.8, 4) is 21.1 Å². The van der Waals surface area contributed by atoms with Crippen molar-refractivity contribution in [2.45, 2.75) is 0 Å². The minimum absolute atomic E-state index is 0.244. The molecular weight excluding hydrogens is 247 g/mol. The second kappa shape index (κ2) is 4.66. The van der Waals surface area contributed by atoms with E-state index in [0.29, 0.717) is 0 Å². The molecule has 0 saturated heterocycles. The molecule has 0 aliphatic rings. The van der Waals surface area contributed by atoms with Crippen LogP contribution in [0.1, 0.15) is 0 Å². The van der Waals surface area contributed by atoms with Gasteiger partial charge in [0.15, 0.2) is 0 Å². The van der Waals surface area contributed by atoms with E-state index in [1.807, 2.05) is 30.3 Å². The molecule has 0 spiro atoms. The first-order valence-electron chi connectivity index (χ1n) is 5.48. The summed E-state index contributed by atoms with van der Waals surface area (Å²) in [4.78, 5) is 0. The van der Waals surface area contributed by atoms with E-state index in [1.54, 1.807) is 12.1 Å². The Kier molecular flexibility index (Phi) is 2.86. The van der Waals surface area contributed by atoms with Crippen LogP contribution in [0.5, 0.6) is 0 Å². The van der Waals surface area contributed by atoms with E-state index in [2.05, 4.69) is 10.2 Å². The molecule has 2 aromatic carbocycles. The Hall–Kier alpha value is -2.07. The maximum Gasteiger partial charge on any atom is 0.148 e. The molecule has 4 heteroatoms. The van der Waals surface area contributed by atoms with Crippen LogP contribution in [0.15, 0.2) is 54.6 Å². The number of hydrogen-bond acceptors (Lipinski definition) is 3. The molecule has 0 aliphatic heterocycles. The quantitative estimate of drug-likeness (QED) is 0.692. The highest BCUT2D eigenvalue weighted by Gasteiger charge is 2.07. The van der Waals surface area contributed by atoms with E-state index in [-0.39, 0.29) is 5.82 Å². The average molecular weight is 256 g/mol. The lowest BCUT2D eigenvalue weighted by atomic mass is 10.2. The van der Waals surface area contributed by atoms with Gasteiger partial charge in [0.2, 0.25) is 0 Å². The van der Waals surface area contributed by atoms with E-state index >= 15 is 0 Å². The Labute approximate surface area is 108 Å². The number of aromatic nitrogens is 2. The van der Waals surface area contributed by atoms with Crippen molar-refractivity contribution in [3.63, 3.8) is 0 Å². The predicted octanol–water partition coefficient (Wildman–Crippen LogP) is 4.01. The molecule has 88 valence electrons. The summed E-state index contributed by atoms with van der Waals surface area (Å²) in [5.74, 6) is -0.244. The maximum absolute atomic E-state index is 12.8. The molecule has 0 fully saturated rings. The van der Waals surface area contributed by atoms with E-state index in [4.69, 9.17) is 0 Å². The van der Waals surface area contributed by atoms with Crippen LogP contribution in [-0.2, 0) is 0 Å². The lowest BCUT2D eigenvalue weighted by molar-refractivity contribution is 0.628. The van der Waals surface area contributed by atoms with Gasteiger partial charge in [0.1, 0.15) is 15.8 Å². The van der Waals surface area contributed by atoms with E-state index in [1.165, 1.54) is 23.5 Å². The molecule has 3 rings (SSSR count). The van der Waals surface area contributed by atoms with Gasteiger partial charge < -0.3 is 0 Å². The number of rotatable bonds is 2. The summed E-state index contributed by atoms with van der Waals surface area (Å²) in [5.41, 5.74) is 1.93. The molecule has 0 amide bonds. The third kappa shape index (κ3) is 2.15. The summed E-state index contributed by atoms with van der Waals surface area (Å²) in [7, 11) is 0. The van der Waals surface area contributed by atoms with Crippen LogP contribution in [0, 0.1) is 5.82 Å². The van der Waals surface area contributed by atoms with Gasteiger partial charge in [0.05, 0.1) is 0 Å². The largest absolute Gasteiger partial charge is 0.207 e. The monoisotopic (exact) mass is 256 g/mol. The lowest BCUT2D eigenvalue weighted by Gasteiger charge is -1.94. The normalized spacial score (nSPS) is 10.5. The fourth-order valence-electron chi connectivity index (χ4n) is 1.63. The van der Waals surface area contributed by atoms with Crippen molar-refractivity contribution in [1.29, 1.82) is 0 Å². The Morgan fingerprint density at radius 2 is 1.28 bits per heavy atom. The van der Waals surface area contributed by atoms with E-state index in [0.717, 1.165) is 21.1 Å². The SMILES string of the molecule is Fc1ccc(-c2nnc(-c3ccccc3)s2)cc1. The second-order valence-electron chi connectivity index (χ2n) is 3.79. The van der Waals surface area contributed by atoms with Crippen LogP contribution in [0.2, 0.25) is 0 Å². The number of halogens is 1. The second-order valence-corrected chi connectivity index (χ2v) is 4.76. The average Bonchev–Trinajstić information content (AvgIpc) is 2.90. The first kappa shape index (κ1) is 11.0. The summed E-state index contributed by atoms with van der Waals surface area (Å²) in [6.07, 6.45) is 0. The predicted molar refractivity (Wildman–Crippen MR) is 70.7 cm³/mol. The zero-order valence-corrected chi connectivity index (χ0v) is 10.2. The van der Waals surface area contributed by atoms with Crippen molar-refractivity contribution in [1.82, 2.24) is 10.2 Å². The highest BCUT2D eigenvalue weighted by Crippen LogP contribution is 2.29. The van der Waals surface area contributed by atoms with E-state index < -0.39 is 0 Å². The molecule has 2 nitrogen and oxygen atoms in total. The van der Waals surface area contributed by atoms with Gasteiger partial charge in [-0.1, -0.05) is 41.7 Å². The lowest BCUT2D eigenvalue weighted by Crippen LogP contribution is -1.78. The minimum Gasteiger partial charge on any atom is -0.207 e. The minimum atomic E-state index is -0.244. The molecule has 0 radical (unpaired) electrons. The van der Waals surface area contributed by atoms with Crippen molar-refractivity contribution in [2.24, 2.45) is 0 Å². The standard InChI is InChI=1S/C14H9FN2S/c15-12-8-6-11(7-9-12)14-17-16-13(18-14)10-4-2-1-3-5-10/h1-9H. The van der Waals surface area contributed by atoms with Crippen LogP contribution in [-0.4, -0.2) is 10.2 Å². The van der Waals surface area contributed by atoms with Crippen molar-refractivity contribution < 1.29 is 4.39 Å². The Balaban J connectivity index is 1.97. The fourth-order valence-corrected chi connectivity index (χ4v) is 2.48. The molecule has 0 bridgehead atoms. The molecule has 0 aliphatic carbocycles. The molecule has 0 unspecified atom stereocenters. The summed E-state index contributed by atoms with van der Waals surface area (Å²) in [6, 6.07) is 16.2. The van der Waals surface area contributed by atoms with Gasteiger partial charge in [0.25, 0.3) is 0 Å². The Bertz CT molecular complexity index is 647. The number of benzene rings is 2. The molecule has 0 saturated carbocycles. The van der Waals surface area contributed by atoms with Crippen molar-refractivity contribution in [2.75, 3.05) is 0 Å². The molecule has 0 atom stereocenters. The van der Waals surface area contributed by atoms with Gasteiger partial charge in [-0.3, -0.25) is 0 Å². The van der Waals surface area contributed by atoms with Crippen LogP contribution >= 0.6 is 11.3 Å². The van der Waals surface area contributed by atoms with Crippen LogP contribution in [0.25, 0.3) is 21.1 Å². The van der Waals surface area contributed by atoms with Crippen molar-refractivity contribution in [3.05, 3.63) is 60.4 Å². The first-order valence-corrected chi connectivity index (χ1v) is 6.29. The maximum atomic E-state index is 12.8. The fraction of sp³-hybridized carbons (Fsp3) is 0. The highest BCUT2D eigenvalue weighted by atomic mass is 32.1. The van der Waals surface area contributed by atoms with Gasteiger partial charge in [0, 0.05) is 11.1 Å². The zero-order chi connectivity index (χ0) is 12.4. The summed E-state index contributed by atoms with van der Waals surface area (Å²) >= 11 is 1.50. The van der Waals surface area contributed by atoms with Crippen LogP contribution in [0.3, 0.4) is 0 Å². The first-order chi connectivity index (χ1) is 8.83. The number of hydrogen-bond donors (Lipinski definition) is 0. The molecule has 1 aromatic heterocycles. The Morgan fingerprint density at radius 3 is 1.89 bits per heavy atom. The van der Waals surface area contributed by atoms with Gasteiger partial charge in [-0.05, 0) is 24.3 Å². The van der Waals surface area contributed by atoms with Crippen molar-refractivity contribution >= 4 is 11.3 Å². The highest BCUT2D eigenvalue weighted by molar-refractivity contribution is 7.17. The molecule has 3 aromatic rings. The number of nitrogens with zero attached hydrogens (tertiary/aromatic N) is 2. The van der Waals surface area contributed by atoms with Crippen LogP contribution < -0.4 is 0 Å². The van der Waals surface area contributed by atoms with Gasteiger partial charge in [-0.15, -0.1) is 10.2 Å². The smallest absolute Gasteiger partial charge is 0.148 e. The molecule has 1 heterocycles. The molecular formula is C14H9FN2S. The molecule has 18 heavy (non-hydrogen) atoms. The zero-order valence-electron chi connectivity index (χ0n) is 9.38.